The molecular formula is C14H17BrO4. The van der Waals surface area contributed by atoms with E-state index >= 15 is 0 Å². The van der Waals surface area contributed by atoms with Crippen molar-refractivity contribution in [2.75, 3.05) is 14.2 Å². The van der Waals surface area contributed by atoms with Gasteiger partial charge in [-0.15, -0.1) is 0 Å². The largest absolute Gasteiger partial charge is 0.493 e. The molecule has 0 aliphatic heterocycles. The highest BCUT2D eigenvalue weighted by molar-refractivity contribution is 9.10. The lowest BCUT2D eigenvalue weighted by molar-refractivity contribution is -0.137. The Balaban J connectivity index is 2.39. The molecule has 1 aliphatic rings. The number of rotatable bonds is 6. The SMILES string of the molecule is COc1ccc(C(CC(=O)O)C2CC2)c(Br)c1OC. The topological polar surface area (TPSA) is 55.8 Å². The number of carbonyl (C=O) groups is 1. The molecule has 0 aromatic heterocycles. The molecule has 1 fully saturated rings. The fourth-order valence-corrected chi connectivity index (χ4v) is 3.19. The molecule has 104 valence electrons. The number of ether oxygens (including phenoxy) is 2. The van der Waals surface area contributed by atoms with E-state index in [1.54, 1.807) is 14.2 Å². The minimum absolute atomic E-state index is 0.0340. The first-order chi connectivity index (χ1) is 9.08. The number of carboxylic acid groups (broad SMARTS) is 1. The molecule has 4 nitrogen and oxygen atoms in total. The molecule has 1 aromatic rings. The van der Waals surface area contributed by atoms with Gasteiger partial charge in [0.15, 0.2) is 11.5 Å². The van der Waals surface area contributed by atoms with Gasteiger partial charge < -0.3 is 14.6 Å². The molecule has 0 saturated heterocycles. The summed E-state index contributed by atoms with van der Waals surface area (Å²) in [5.74, 6) is 0.995. The van der Waals surface area contributed by atoms with Crippen LogP contribution in [-0.4, -0.2) is 25.3 Å². The number of carboxylic acids is 1. The molecule has 1 atom stereocenters. The van der Waals surface area contributed by atoms with Gasteiger partial charge in [-0.1, -0.05) is 6.07 Å². The summed E-state index contributed by atoms with van der Waals surface area (Å²) >= 11 is 3.52. The Kier molecular flexibility index (Phi) is 4.34. The average Bonchev–Trinajstić information content (AvgIpc) is 3.19. The van der Waals surface area contributed by atoms with E-state index in [9.17, 15) is 4.79 Å². The van der Waals surface area contributed by atoms with Crippen molar-refractivity contribution in [3.8, 4) is 11.5 Å². The summed E-state index contributed by atoms with van der Waals surface area (Å²) in [6, 6.07) is 3.76. The molecule has 1 N–H and O–H groups in total. The highest BCUT2D eigenvalue weighted by Gasteiger charge is 2.35. The van der Waals surface area contributed by atoms with Crippen molar-refractivity contribution >= 4 is 21.9 Å². The molecule has 19 heavy (non-hydrogen) atoms. The maximum atomic E-state index is 11.0. The first kappa shape index (κ1) is 14.2. The van der Waals surface area contributed by atoms with Crippen LogP contribution in [0.1, 0.15) is 30.7 Å². The zero-order valence-corrected chi connectivity index (χ0v) is 12.6. The first-order valence-corrected chi connectivity index (χ1v) is 7.00. The summed E-state index contributed by atoms with van der Waals surface area (Å²) in [6.07, 6.45) is 2.34. The number of benzene rings is 1. The molecular weight excluding hydrogens is 312 g/mol. The third kappa shape index (κ3) is 3.03. The Hall–Kier alpha value is -1.23. The fourth-order valence-electron chi connectivity index (χ4n) is 2.41. The summed E-state index contributed by atoms with van der Waals surface area (Å²) in [4.78, 5) is 11.0. The molecule has 0 amide bonds. The van der Waals surface area contributed by atoms with Crippen LogP contribution in [0.5, 0.6) is 11.5 Å². The van der Waals surface area contributed by atoms with Gasteiger partial charge in [0, 0.05) is 0 Å². The lowest BCUT2D eigenvalue weighted by Gasteiger charge is -2.19. The van der Waals surface area contributed by atoms with E-state index in [0.717, 1.165) is 22.9 Å². The predicted molar refractivity (Wildman–Crippen MR) is 75.0 cm³/mol. The standard InChI is InChI=1S/C14H17BrO4/c1-18-11-6-5-9(13(15)14(11)19-2)10(7-12(16)17)8-3-4-8/h5-6,8,10H,3-4,7H2,1-2H3,(H,16,17). The molecule has 1 aromatic carbocycles. The van der Waals surface area contributed by atoms with Gasteiger partial charge in [-0.3, -0.25) is 4.79 Å². The first-order valence-electron chi connectivity index (χ1n) is 6.20. The number of halogens is 1. The minimum atomic E-state index is -0.765. The molecule has 1 saturated carbocycles. The van der Waals surface area contributed by atoms with Crippen molar-refractivity contribution in [2.24, 2.45) is 5.92 Å². The lowest BCUT2D eigenvalue weighted by atomic mass is 9.91. The Morgan fingerprint density at radius 2 is 2.11 bits per heavy atom. The Morgan fingerprint density at radius 1 is 1.42 bits per heavy atom. The van der Waals surface area contributed by atoms with Crippen LogP contribution in [-0.2, 0) is 4.79 Å². The van der Waals surface area contributed by atoms with Gasteiger partial charge in [-0.05, 0) is 52.2 Å². The van der Waals surface area contributed by atoms with Gasteiger partial charge >= 0.3 is 5.97 Å². The van der Waals surface area contributed by atoms with Crippen LogP contribution < -0.4 is 9.47 Å². The zero-order chi connectivity index (χ0) is 14.0. The van der Waals surface area contributed by atoms with Crippen molar-refractivity contribution in [1.82, 2.24) is 0 Å². The van der Waals surface area contributed by atoms with Crippen LogP contribution in [0.3, 0.4) is 0 Å². The lowest BCUT2D eigenvalue weighted by Crippen LogP contribution is -2.09. The van der Waals surface area contributed by atoms with E-state index in [0.29, 0.717) is 17.4 Å². The van der Waals surface area contributed by atoms with Crippen molar-refractivity contribution in [2.45, 2.75) is 25.2 Å². The number of aliphatic carboxylic acids is 1. The second kappa shape index (κ2) is 5.82. The van der Waals surface area contributed by atoms with Crippen LogP contribution in [0.2, 0.25) is 0 Å². The van der Waals surface area contributed by atoms with Crippen LogP contribution in [0.25, 0.3) is 0 Å². The molecule has 0 bridgehead atoms. The van der Waals surface area contributed by atoms with E-state index in [1.807, 2.05) is 12.1 Å². The van der Waals surface area contributed by atoms with E-state index in [2.05, 4.69) is 15.9 Å². The maximum Gasteiger partial charge on any atom is 0.303 e. The van der Waals surface area contributed by atoms with Crippen LogP contribution in [0.15, 0.2) is 16.6 Å². The second-order valence-electron chi connectivity index (χ2n) is 4.75. The second-order valence-corrected chi connectivity index (χ2v) is 5.54. The van der Waals surface area contributed by atoms with Gasteiger partial charge in [0.1, 0.15) is 0 Å². The van der Waals surface area contributed by atoms with E-state index in [-0.39, 0.29) is 12.3 Å². The molecule has 2 rings (SSSR count). The van der Waals surface area contributed by atoms with Crippen LogP contribution in [0, 0.1) is 5.92 Å². The molecule has 1 unspecified atom stereocenters. The zero-order valence-electron chi connectivity index (χ0n) is 11.0. The molecule has 0 heterocycles. The van der Waals surface area contributed by atoms with Crippen LogP contribution in [0.4, 0.5) is 0 Å². The summed E-state index contributed by atoms with van der Waals surface area (Å²) in [5, 5.41) is 9.07. The normalized spacial score (nSPS) is 15.9. The Morgan fingerprint density at radius 3 is 2.58 bits per heavy atom. The number of methoxy groups -OCH3 is 2. The molecule has 1 aliphatic carbocycles. The predicted octanol–water partition coefficient (Wildman–Crippen LogP) is 3.43. The van der Waals surface area contributed by atoms with E-state index < -0.39 is 5.97 Å². The average molecular weight is 329 g/mol. The quantitative estimate of drug-likeness (QED) is 0.869. The van der Waals surface area contributed by atoms with Gasteiger partial charge in [0.05, 0.1) is 25.1 Å². The van der Waals surface area contributed by atoms with Gasteiger partial charge in [-0.2, -0.15) is 0 Å². The monoisotopic (exact) mass is 328 g/mol. The Bertz CT molecular complexity index is 483. The molecule has 5 heteroatoms. The highest BCUT2D eigenvalue weighted by atomic mass is 79.9. The Labute approximate surface area is 120 Å². The van der Waals surface area contributed by atoms with Gasteiger partial charge in [0.25, 0.3) is 0 Å². The van der Waals surface area contributed by atoms with Gasteiger partial charge in [-0.25, -0.2) is 0 Å². The smallest absolute Gasteiger partial charge is 0.303 e. The van der Waals surface area contributed by atoms with Gasteiger partial charge in [0.2, 0.25) is 0 Å². The third-order valence-corrected chi connectivity index (χ3v) is 4.32. The number of hydrogen-bond acceptors (Lipinski definition) is 3. The summed E-state index contributed by atoms with van der Waals surface area (Å²) in [6.45, 7) is 0. The van der Waals surface area contributed by atoms with E-state index in [4.69, 9.17) is 14.6 Å². The van der Waals surface area contributed by atoms with Crippen molar-refractivity contribution in [3.63, 3.8) is 0 Å². The van der Waals surface area contributed by atoms with Crippen molar-refractivity contribution < 1.29 is 19.4 Å². The third-order valence-electron chi connectivity index (χ3n) is 3.50. The van der Waals surface area contributed by atoms with Crippen molar-refractivity contribution in [3.05, 3.63) is 22.2 Å². The molecule has 0 radical (unpaired) electrons. The highest BCUT2D eigenvalue weighted by Crippen LogP contribution is 2.49. The summed E-state index contributed by atoms with van der Waals surface area (Å²) < 4.78 is 11.4. The maximum absolute atomic E-state index is 11.0. The summed E-state index contributed by atoms with van der Waals surface area (Å²) in [5.41, 5.74) is 0.988. The van der Waals surface area contributed by atoms with Crippen LogP contribution >= 0.6 is 15.9 Å². The fraction of sp³-hybridized carbons (Fsp3) is 0.500. The molecule has 0 spiro atoms. The van der Waals surface area contributed by atoms with Crippen molar-refractivity contribution in [1.29, 1.82) is 0 Å². The number of hydrogen-bond donors (Lipinski definition) is 1. The minimum Gasteiger partial charge on any atom is -0.493 e. The summed E-state index contributed by atoms with van der Waals surface area (Å²) in [7, 11) is 3.16. The van der Waals surface area contributed by atoms with E-state index in [1.165, 1.54) is 0 Å².